The highest BCUT2D eigenvalue weighted by atomic mass is 32.2. The van der Waals surface area contributed by atoms with Crippen LogP contribution in [0.25, 0.3) is 0 Å². The van der Waals surface area contributed by atoms with Gasteiger partial charge in [0.05, 0.1) is 25.6 Å². The van der Waals surface area contributed by atoms with E-state index in [0.29, 0.717) is 12.0 Å². The molecule has 1 N–H and O–H groups in total. The first-order valence-electron chi connectivity index (χ1n) is 33.4. The van der Waals surface area contributed by atoms with Gasteiger partial charge in [-0.05, 0) is 199 Å². The van der Waals surface area contributed by atoms with E-state index in [1.165, 1.54) is 135 Å². The molecule has 1 unspecified atom stereocenters. The van der Waals surface area contributed by atoms with E-state index in [9.17, 15) is 8.42 Å². The summed E-state index contributed by atoms with van der Waals surface area (Å²) in [5, 5.41) is 3.27. The van der Waals surface area contributed by atoms with Crippen LogP contribution < -0.4 is 5.32 Å². The summed E-state index contributed by atoms with van der Waals surface area (Å²) in [5.74, 6) is 2.71. The van der Waals surface area contributed by atoms with Crippen LogP contribution in [0.15, 0.2) is 43.2 Å². The molecule has 1 saturated carbocycles. The number of pyridine rings is 1. The fourth-order valence-electron chi connectivity index (χ4n) is 6.69. The number of piperazine rings is 2. The quantitative estimate of drug-likeness (QED) is 0.302. The minimum Gasteiger partial charge on any atom is -0.388 e. The third-order valence-electron chi connectivity index (χ3n) is 12.7. The first-order chi connectivity index (χ1) is 42.3. The minimum absolute atomic E-state index is 0.384. The maximum atomic E-state index is 9.63. The molecule has 0 amide bonds. The highest BCUT2D eigenvalue weighted by Gasteiger charge is 2.14. The van der Waals surface area contributed by atoms with Crippen LogP contribution in [0.1, 0.15) is 112 Å². The third-order valence-corrected chi connectivity index (χ3v) is 12.7. The molecule has 0 bridgehead atoms. The molecule has 20 nitrogen and oxygen atoms in total. The van der Waals surface area contributed by atoms with Gasteiger partial charge in [0.2, 0.25) is 0 Å². The number of hydrogen-bond donors (Lipinski definition) is 1. The Labute approximate surface area is 560 Å². The lowest BCUT2D eigenvalue weighted by Gasteiger charge is -2.28. The van der Waals surface area contributed by atoms with E-state index in [1.807, 2.05) is 96.8 Å². The number of methoxy groups -OCH3 is 5. The van der Waals surface area contributed by atoms with E-state index in [4.69, 9.17) is 14.2 Å². The Balaban J connectivity index is -0.000000164. The standard InChI is InChI=1S/C6H14N2.C6H13N.C6H7N.C6H13N.C5H12N2.C5H11NO.C5H11N.C5H12O.C4H6N2.C4H10O.C4H8.C3H9N.2C3H8O.C2H6O2S.C2H6O/c1-7-3-5-8(2)6-4-7;1-6-3-4-7(2)5-6;1-6-3-2-4-7-5-6;1-7-5-3-2-4-6-7;1-7-4-2-6-3-5-7;1-6-2-4-7-5-3-6;1-6-4-2-3-5-6;1-5(2)4-6-3;1-6-3-2-5-4-6;1-4(2)5-3;1-4-2-3-4;1-4(2)3;2*1-3-4-2;1-5(2,3)4;1-3-2/h3-6H2,1-2H3;6H,3-5H2,1-2H3;2-5H,1H3;2-6H2,1H3;6H,2-5H2,1H3;2-5H2,1H3;2-5H2,1H3;5H,4H2,1-3H3;2-4H,1H3;4H,1-3H3;4H,2-3H2,1H3;1-3H3;2*3H2,1-2H3;1-2H3;1-2H3. The molecule has 7 aliphatic rings. The molecule has 9 rings (SSSR count). The Morgan fingerprint density at radius 3 is 1.08 bits per heavy atom. The van der Waals surface area contributed by atoms with E-state index in [0.717, 1.165) is 83.6 Å². The zero-order chi connectivity index (χ0) is 70.4. The van der Waals surface area contributed by atoms with Gasteiger partial charge < -0.3 is 77.5 Å². The highest BCUT2D eigenvalue weighted by molar-refractivity contribution is 7.89. The SMILES string of the molecule is CC1CC1.CC1CCN(C)C1.CCOC.CCOC.CN(C)C.CN1CCCC1.CN1CCCCC1.CN1CCN(C)CC1.CN1CCNCC1.CN1CCOCC1.COC.COC(C)C.COCC(C)C.CS(C)(=O)=O.Cc1cccnc1.Cn1ccnc1. The van der Waals surface area contributed by atoms with Crippen molar-refractivity contribution in [1.29, 1.82) is 0 Å². The third kappa shape index (κ3) is 116. The van der Waals surface area contributed by atoms with Crippen LogP contribution >= 0.6 is 0 Å². The highest BCUT2D eigenvalue weighted by Crippen LogP contribution is 2.26. The number of ether oxygens (including phenoxy) is 6. The number of nitrogens with one attached hydrogen (secondary N) is 1. The molecular formula is C69H154N12O8S. The van der Waals surface area contributed by atoms with Crippen LogP contribution in [0.3, 0.4) is 0 Å². The predicted octanol–water partition coefficient (Wildman–Crippen LogP) is 9.07. The zero-order valence-corrected chi connectivity index (χ0v) is 65.3. The van der Waals surface area contributed by atoms with Crippen molar-refractivity contribution in [3.05, 3.63) is 48.8 Å². The number of likely N-dealkylation sites (tertiary alicyclic amines) is 3. The van der Waals surface area contributed by atoms with Gasteiger partial charge in [-0.3, -0.25) is 4.98 Å². The molecule has 2 aromatic rings. The Bertz CT molecular complexity index is 1580. The van der Waals surface area contributed by atoms with E-state index in [2.05, 4.69) is 141 Å². The zero-order valence-electron chi connectivity index (χ0n) is 64.5. The van der Waals surface area contributed by atoms with Gasteiger partial charge >= 0.3 is 0 Å². The summed E-state index contributed by atoms with van der Waals surface area (Å²) in [6.07, 6.45) is 23.2. The van der Waals surface area contributed by atoms with Gasteiger partial charge in [0.25, 0.3) is 0 Å². The molecule has 544 valence electrons. The van der Waals surface area contributed by atoms with Crippen molar-refractivity contribution in [2.45, 2.75) is 120 Å². The Kier molecular flexibility index (Phi) is 87.1. The number of hydrogen-bond acceptors (Lipinski definition) is 19. The van der Waals surface area contributed by atoms with Crippen molar-refractivity contribution in [1.82, 2.24) is 59.1 Å². The first kappa shape index (κ1) is 101. The predicted molar refractivity (Wildman–Crippen MR) is 391 cm³/mol. The van der Waals surface area contributed by atoms with Crippen LogP contribution in [0.4, 0.5) is 0 Å². The number of imidazole rings is 1. The number of sulfone groups is 1. The fourth-order valence-corrected chi connectivity index (χ4v) is 6.69. The van der Waals surface area contributed by atoms with Crippen molar-refractivity contribution in [2.75, 3.05) is 263 Å². The lowest BCUT2D eigenvalue weighted by molar-refractivity contribution is 0.0503. The number of rotatable bonds is 5. The molecule has 2 aromatic heterocycles. The smallest absolute Gasteiger partial charge is 0.144 e. The number of aryl methyl sites for hydroxylation is 2. The van der Waals surface area contributed by atoms with Crippen LogP contribution in [-0.4, -0.2) is 332 Å². The van der Waals surface area contributed by atoms with Gasteiger partial charge in [0.15, 0.2) is 0 Å². The summed E-state index contributed by atoms with van der Waals surface area (Å²) >= 11 is 0. The maximum Gasteiger partial charge on any atom is 0.144 e. The number of likely N-dealkylation sites (N-methyl/N-ethyl adjacent to an activating group) is 4. The number of nitrogens with zero attached hydrogens (tertiary/aromatic N) is 11. The summed E-state index contributed by atoms with van der Waals surface area (Å²) in [4.78, 5) is 26.1. The van der Waals surface area contributed by atoms with Gasteiger partial charge in [0.1, 0.15) is 9.84 Å². The molecule has 0 spiro atoms. The van der Waals surface area contributed by atoms with Gasteiger partial charge in [-0.2, -0.15) is 0 Å². The Morgan fingerprint density at radius 1 is 0.578 bits per heavy atom. The Hall–Kier alpha value is -2.29. The van der Waals surface area contributed by atoms with E-state index >= 15 is 0 Å². The molecule has 6 aliphatic heterocycles. The summed E-state index contributed by atoms with van der Waals surface area (Å²) in [6, 6.07) is 3.95. The average molecular weight is 1310 g/mol. The summed E-state index contributed by atoms with van der Waals surface area (Å²) in [5.41, 5.74) is 1.21. The minimum atomic E-state index is -2.67. The van der Waals surface area contributed by atoms with Crippen LogP contribution in [-0.2, 0) is 45.3 Å². The molecule has 8 heterocycles. The molecular weight excluding hydrogens is 1160 g/mol. The van der Waals surface area contributed by atoms with E-state index in [-0.39, 0.29) is 0 Å². The first-order valence-corrected chi connectivity index (χ1v) is 35.7. The molecule has 1 aliphatic carbocycles. The summed E-state index contributed by atoms with van der Waals surface area (Å²) in [7, 11) is 30.5. The molecule has 1 atom stereocenters. The monoisotopic (exact) mass is 1310 g/mol. The normalized spacial score (nSPS) is 18.1. The van der Waals surface area contributed by atoms with Crippen molar-refractivity contribution < 1.29 is 36.8 Å². The van der Waals surface area contributed by atoms with Crippen molar-refractivity contribution in [3.63, 3.8) is 0 Å². The summed E-state index contributed by atoms with van der Waals surface area (Å²) in [6.45, 7) is 42.9. The topological polar surface area (TPSA) is 158 Å². The second-order valence-electron chi connectivity index (χ2n) is 25.2. The van der Waals surface area contributed by atoms with Gasteiger partial charge in [-0.25, -0.2) is 13.4 Å². The molecule has 21 heteroatoms. The lowest BCUT2D eigenvalue weighted by atomic mass is 10.1. The van der Waals surface area contributed by atoms with Crippen molar-refractivity contribution in [2.24, 2.45) is 24.8 Å². The lowest BCUT2D eigenvalue weighted by Crippen LogP contribution is -2.42. The number of piperidine rings is 1. The fraction of sp³-hybridized carbons (Fsp3) is 0.884. The van der Waals surface area contributed by atoms with Crippen LogP contribution in [0.2, 0.25) is 0 Å². The largest absolute Gasteiger partial charge is 0.388 e. The molecule has 90 heavy (non-hydrogen) atoms. The second-order valence-corrected chi connectivity index (χ2v) is 27.5. The Morgan fingerprint density at radius 2 is 0.944 bits per heavy atom. The average Bonchev–Trinajstić information content (AvgIpc) is 3.99. The van der Waals surface area contributed by atoms with Crippen LogP contribution in [0.5, 0.6) is 0 Å². The summed E-state index contributed by atoms with van der Waals surface area (Å²) < 4.78 is 49.1. The molecule has 6 saturated heterocycles. The van der Waals surface area contributed by atoms with Gasteiger partial charge in [-0.15, -0.1) is 0 Å². The molecule has 7 fully saturated rings. The second kappa shape index (κ2) is 77.4. The van der Waals surface area contributed by atoms with Gasteiger partial charge in [0, 0.05) is 179 Å². The maximum absolute atomic E-state index is 9.63. The van der Waals surface area contributed by atoms with Gasteiger partial charge in [-0.1, -0.05) is 53.0 Å². The molecule has 0 aromatic carbocycles. The van der Waals surface area contributed by atoms with Crippen molar-refractivity contribution >= 4 is 9.84 Å². The number of morpholine rings is 1. The van der Waals surface area contributed by atoms with E-state index < -0.39 is 9.84 Å². The van der Waals surface area contributed by atoms with E-state index in [1.54, 1.807) is 61.4 Å². The van der Waals surface area contributed by atoms with Crippen LogP contribution in [0, 0.1) is 24.7 Å². The number of aromatic nitrogens is 3. The molecule has 0 radical (unpaired) electrons. The van der Waals surface area contributed by atoms with Crippen molar-refractivity contribution in [3.8, 4) is 0 Å².